The van der Waals surface area contributed by atoms with Crippen molar-refractivity contribution >= 4 is 6.21 Å². The van der Waals surface area contributed by atoms with Gasteiger partial charge in [0.15, 0.2) is 0 Å². The van der Waals surface area contributed by atoms with Crippen molar-refractivity contribution in [2.75, 3.05) is 13.2 Å². The Morgan fingerprint density at radius 1 is 1.32 bits per heavy atom. The molecule has 0 heterocycles. The molecule has 0 fully saturated rings. The van der Waals surface area contributed by atoms with E-state index in [-0.39, 0.29) is 12.4 Å². The maximum absolute atomic E-state index is 12.9. The Balaban J connectivity index is 2.36. The third-order valence-corrected chi connectivity index (χ3v) is 2.15. The van der Waals surface area contributed by atoms with Crippen LogP contribution in [-0.4, -0.2) is 19.4 Å². The van der Waals surface area contributed by atoms with Gasteiger partial charge in [-0.15, -0.1) is 0 Å². The van der Waals surface area contributed by atoms with Crippen LogP contribution in [0, 0.1) is 17.0 Å². The Morgan fingerprint density at radius 3 is 2.58 bits per heavy atom. The van der Waals surface area contributed by atoms with Crippen LogP contribution in [-0.2, 0) is 0 Å². The van der Waals surface area contributed by atoms with Crippen molar-refractivity contribution < 1.29 is 13.5 Å². The van der Waals surface area contributed by atoms with Crippen LogP contribution in [0.5, 0.6) is 5.75 Å². The fraction of sp³-hybridized carbons (Fsp3) is 0.214. The first-order valence-electron chi connectivity index (χ1n) is 5.81. The van der Waals surface area contributed by atoms with Crippen LogP contribution in [0.4, 0.5) is 8.78 Å². The Labute approximate surface area is 111 Å². The number of allylic oxidation sites excluding steroid dienone is 3. The molecule has 0 aliphatic carbocycles. The zero-order chi connectivity index (χ0) is 14.1. The predicted molar refractivity (Wildman–Crippen MR) is 71.5 cm³/mol. The van der Waals surface area contributed by atoms with Crippen molar-refractivity contribution in [1.29, 1.82) is 5.41 Å². The van der Waals surface area contributed by atoms with Crippen LogP contribution < -0.4 is 10.1 Å². The van der Waals surface area contributed by atoms with Gasteiger partial charge in [0.05, 0.1) is 0 Å². The van der Waals surface area contributed by atoms with Gasteiger partial charge in [0.2, 0.25) is 0 Å². The molecule has 0 aliphatic rings. The van der Waals surface area contributed by atoms with Crippen LogP contribution in [0.25, 0.3) is 0 Å². The van der Waals surface area contributed by atoms with Crippen molar-refractivity contribution in [3.8, 4) is 5.75 Å². The molecular formula is C14H16F2N2O. The normalized spacial score (nSPS) is 11.6. The summed E-state index contributed by atoms with van der Waals surface area (Å²) >= 11 is 0. The number of benzene rings is 1. The van der Waals surface area contributed by atoms with Crippen molar-refractivity contribution in [3.63, 3.8) is 0 Å². The minimum Gasteiger partial charge on any atom is -0.492 e. The third-order valence-electron chi connectivity index (χ3n) is 2.15. The lowest BCUT2D eigenvalue weighted by Gasteiger charge is -2.06. The van der Waals surface area contributed by atoms with Gasteiger partial charge in [-0.3, -0.25) is 0 Å². The zero-order valence-corrected chi connectivity index (χ0v) is 10.6. The van der Waals surface area contributed by atoms with Gasteiger partial charge in [0.25, 0.3) is 0 Å². The van der Waals surface area contributed by atoms with E-state index in [1.165, 1.54) is 6.21 Å². The second-order valence-electron chi connectivity index (χ2n) is 3.70. The van der Waals surface area contributed by atoms with Gasteiger partial charge in [-0.05, 0) is 6.92 Å². The minimum atomic E-state index is -0.665. The third kappa shape index (κ3) is 5.81. The summed E-state index contributed by atoms with van der Waals surface area (Å²) in [7, 11) is 0. The number of hydrogen-bond acceptors (Lipinski definition) is 3. The lowest BCUT2D eigenvalue weighted by molar-refractivity contribution is 0.317. The number of nitrogens with one attached hydrogen (secondary N) is 2. The Hall–Kier alpha value is -2.17. The quantitative estimate of drug-likeness (QED) is 0.452. The van der Waals surface area contributed by atoms with Gasteiger partial charge in [-0.25, -0.2) is 8.78 Å². The second kappa shape index (κ2) is 8.02. The van der Waals surface area contributed by atoms with Gasteiger partial charge in [0.1, 0.15) is 24.0 Å². The standard InChI is InChI=1S/C14H16F2N2O/c1-2-3-11(9-17)10-18-4-5-19-14-7-12(15)6-13(16)8-14/h2-3,6-10,17-18H,4-5H2,1H3/b3-2+,11-10-,17-9?. The van der Waals surface area contributed by atoms with E-state index < -0.39 is 11.6 Å². The van der Waals surface area contributed by atoms with Crippen LogP contribution in [0.15, 0.2) is 42.1 Å². The molecule has 0 aliphatic heterocycles. The summed E-state index contributed by atoms with van der Waals surface area (Å²) in [5.74, 6) is -1.17. The summed E-state index contributed by atoms with van der Waals surface area (Å²) in [6.45, 7) is 2.59. The average molecular weight is 266 g/mol. The highest BCUT2D eigenvalue weighted by molar-refractivity contribution is 5.79. The molecule has 0 aromatic heterocycles. The fourth-order valence-electron chi connectivity index (χ4n) is 1.36. The lowest BCUT2D eigenvalue weighted by atomic mass is 10.3. The van der Waals surface area contributed by atoms with Crippen molar-refractivity contribution in [1.82, 2.24) is 5.32 Å². The largest absolute Gasteiger partial charge is 0.492 e. The maximum Gasteiger partial charge on any atom is 0.129 e. The fourth-order valence-corrected chi connectivity index (χ4v) is 1.36. The predicted octanol–water partition coefficient (Wildman–Crippen LogP) is 3.04. The van der Waals surface area contributed by atoms with E-state index in [0.717, 1.165) is 23.8 Å². The molecule has 2 N–H and O–H groups in total. The summed E-state index contributed by atoms with van der Waals surface area (Å²) in [5.41, 5.74) is 0.722. The van der Waals surface area contributed by atoms with Crippen molar-refractivity contribution in [3.05, 3.63) is 53.8 Å². The Bertz CT molecular complexity index is 464. The summed E-state index contributed by atoms with van der Waals surface area (Å²) < 4.78 is 30.9. The molecule has 0 bridgehead atoms. The van der Waals surface area contributed by atoms with E-state index in [1.54, 1.807) is 12.3 Å². The Morgan fingerprint density at radius 2 is 2.00 bits per heavy atom. The van der Waals surface area contributed by atoms with E-state index in [9.17, 15) is 8.78 Å². The highest BCUT2D eigenvalue weighted by Gasteiger charge is 2.00. The first-order chi connectivity index (χ1) is 9.15. The van der Waals surface area contributed by atoms with Crippen LogP contribution >= 0.6 is 0 Å². The molecule has 0 saturated heterocycles. The smallest absolute Gasteiger partial charge is 0.129 e. The Kier molecular flexibility index (Phi) is 6.29. The molecule has 1 rings (SSSR count). The van der Waals surface area contributed by atoms with Crippen LogP contribution in [0.3, 0.4) is 0 Å². The molecule has 5 heteroatoms. The molecule has 102 valence electrons. The molecule has 0 atom stereocenters. The molecule has 0 amide bonds. The molecule has 3 nitrogen and oxygen atoms in total. The molecular weight excluding hydrogens is 250 g/mol. The summed E-state index contributed by atoms with van der Waals surface area (Å²) in [6.07, 6.45) is 6.49. The van der Waals surface area contributed by atoms with Gasteiger partial charge in [-0.2, -0.15) is 0 Å². The minimum absolute atomic E-state index is 0.156. The van der Waals surface area contributed by atoms with E-state index in [4.69, 9.17) is 10.1 Å². The molecule has 0 radical (unpaired) electrons. The first-order valence-corrected chi connectivity index (χ1v) is 5.81. The average Bonchev–Trinajstić information content (AvgIpc) is 2.36. The molecule has 1 aromatic rings. The highest BCUT2D eigenvalue weighted by atomic mass is 19.1. The maximum atomic E-state index is 12.9. The van der Waals surface area contributed by atoms with Gasteiger partial charge in [-0.1, -0.05) is 12.2 Å². The van der Waals surface area contributed by atoms with Crippen LogP contribution in [0.2, 0.25) is 0 Å². The highest BCUT2D eigenvalue weighted by Crippen LogP contribution is 2.14. The second-order valence-corrected chi connectivity index (χ2v) is 3.70. The number of rotatable bonds is 7. The van der Waals surface area contributed by atoms with Gasteiger partial charge < -0.3 is 15.5 Å². The zero-order valence-electron chi connectivity index (χ0n) is 10.6. The van der Waals surface area contributed by atoms with Crippen molar-refractivity contribution in [2.45, 2.75) is 6.92 Å². The molecule has 0 saturated carbocycles. The first kappa shape index (κ1) is 14.9. The summed E-state index contributed by atoms with van der Waals surface area (Å²) in [5, 5.41) is 10.1. The van der Waals surface area contributed by atoms with E-state index >= 15 is 0 Å². The topological polar surface area (TPSA) is 45.1 Å². The number of halogens is 2. The number of hydrogen-bond donors (Lipinski definition) is 2. The molecule has 0 unspecified atom stereocenters. The molecule has 19 heavy (non-hydrogen) atoms. The SMILES string of the molecule is C/C=C/C(C=N)=C/NCCOc1cc(F)cc(F)c1. The summed E-state index contributed by atoms with van der Waals surface area (Å²) in [6, 6.07) is 3.05. The summed E-state index contributed by atoms with van der Waals surface area (Å²) in [4.78, 5) is 0. The van der Waals surface area contributed by atoms with E-state index in [1.807, 2.05) is 13.0 Å². The van der Waals surface area contributed by atoms with Crippen molar-refractivity contribution in [2.24, 2.45) is 0 Å². The molecule has 0 spiro atoms. The lowest BCUT2D eigenvalue weighted by Crippen LogP contribution is -2.16. The monoisotopic (exact) mass is 266 g/mol. The van der Waals surface area contributed by atoms with E-state index in [0.29, 0.717) is 6.54 Å². The van der Waals surface area contributed by atoms with Crippen LogP contribution in [0.1, 0.15) is 6.92 Å². The van der Waals surface area contributed by atoms with Gasteiger partial charge in [0, 0.05) is 42.7 Å². The molecule has 1 aromatic carbocycles. The number of ether oxygens (including phenoxy) is 1. The van der Waals surface area contributed by atoms with Gasteiger partial charge >= 0.3 is 0 Å². The van der Waals surface area contributed by atoms with E-state index in [2.05, 4.69) is 5.32 Å².